The molecule has 6 heteroatoms. The smallest absolute Gasteiger partial charge is 0.257 e. The van der Waals surface area contributed by atoms with E-state index in [-0.39, 0.29) is 5.91 Å². The Balaban J connectivity index is 1.83. The van der Waals surface area contributed by atoms with Crippen molar-refractivity contribution in [1.29, 1.82) is 0 Å². The Kier molecular flexibility index (Phi) is 5.86. The zero-order chi connectivity index (χ0) is 19.2. The molecule has 2 amide bonds. The lowest BCUT2D eigenvalue weighted by Crippen LogP contribution is -2.53. The van der Waals surface area contributed by atoms with E-state index in [0.717, 1.165) is 23.2 Å². The molecule has 0 aromatic heterocycles. The molecule has 1 saturated heterocycles. The quantitative estimate of drug-likeness (QED) is 0.517. The monoisotopic (exact) mass is 364 g/mol. The molecular formula is C21H24N4O2. The minimum absolute atomic E-state index is 0.189. The molecule has 3 rings (SSSR count). The molecule has 1 heterocycles. The first-order valence-electron chi connectivity index (χ1n) is 9.03. The molecule has 140 valence electrons. The van der Waals surface area contributed by atoms with Crippen molar-refractivity contribution in [2.75, 3.05) is 26.2 Å². The zero-order valence-corrected chi connectivity index (χ0v) is 15.7. The molecule has 27 heavy (non-hydrogen) atoms. The van der Waals surface area contributed by atoms with Crippen molar-refractivity contribution in [3.63, 3.8) is 0 Å². The first kappa shape index (κ1) is 18.6. The third-order valence-electron chi connectivity index (χ3n) is 4.75. The maximum Gasteiger partial charge on any atom is 0.257 e. The van der Waals surface area contributed by atoms with Crippen LogP contribution in [0.5, 0.6) is 0 Å². The van der Waals surface area contributed by atoms with E-state index in [1.165, 1.54) is 0 Å². The second kappa shape index (κ2) is 8.49. The van der Waals surface area contributed by atoms with Crippen LogP contribution >= 0.6 is 0 Å². The fourth-order valence-electron chi connectivity index (χ4n) is 2.90. The number of nitrogens with zero attached hydrogens (tertiary/aromatic N) is 3. The number of para-hydroxylation sites is 1. The highest BCUT2D eigenvalue weighted by molar-refractivity contribution is 6.06. The average Bonchev–Trinajstić information content (AvgIpc) is 2.70. The standard InChI is InChI=1S/C21H24N4O2/c1-16-8-9-18(14-17(16)2)20(27)23-21(22-19-6-4-3-5-7-19)25-12-10-24(15-26)11-13-25/h3-9,14-15H,10-13H2,1-2H3,(H,22,23,27). The summed E-state index contributed by atoms with van der Waals surface area (Å²) in [4.78, 5) is 32.1. The molecule has 0 spiro atoms. The van der Waals surface area contributed by atoms with E-state index in [0.29, 0.717) is 37.7 Å². The summed E-state index contributed by atoms with van der Waals surface area (Å²) in [6.07, 6.45) is 0.860. The van der Waals surface area contributed by atoms with Gasteiger partial charge in [0.2, 0.25) is 12.4 Å². The molecular weight excluding hydrogens is 340 g/mol. The van der Waals surface area contributed by atoms with Crippen molar-refractivity contribution >= 4 is 24.0 Å². The predicted octanol–water partition coefficient (Wildman–Crippen LogP) is 2.49. The van der Waals surface area contributed by atoms with Crippen LogP contribution in [0.3, 0.4) is 0 Å². The molecule has 1 fully saturated rings. The molecule has 1 N–H and O–H groups in total. The number of hydrogen-bond acceptors (Lipinski definition) is 3. The van der Waals surface area contributed by atoms with Crippen LogP contribution in [0.4, 0.5) is 5.69 Å². The molecule has 0 saturated carbocycles. The Bertz CT molecular complexity index is 841. The van der Waals surface area contributed by atoms with E-state index in [1.54, 1.807) is 4.90 Å². The fourth-order valence-corrected chi connectivity index (χ4v) is 2.90. The minimum atomic E-state index is -0.189. The lowest BCUT2D eigenvalue weighted by atomic mass is 10.1. The van der Waals surface area contributed by atoms with Crippen LogP contribution in [-0.2, 0) is 4.79 Å². The number of hydrogen-bond donors (Lipinski definition) is 1. The molecule has 2 aromatic rings. The number of rotatable bonds is 3. The molecule has 0 radical (unpaired) electrons. The number of nitrogens with one attached hydrogen (secondary N) is 1. The van der Waals surface area contributed by atoms with Crippen LogP contribution in [0, 0.1) is 13.8 Å². The largest absolute Gasteiger partial charge is 0.342 e. The fraction of sp³-hybridized carbons (Fsp3) is 0.286. The first-order valence-corrected chi connectivity index (χ1v) is 9.03. The van der Waals surface area contributed by atoms with Gasteiger partial charge in [-0.25, -0.2) is 4.99 Å². The van der Waals surface area contributed by atoms with E-state index in [1.807, 2.05) is 67.3 Å². The third kappa shape index (κ3) is 4.73. The van der Waals surface area contributed by atoms with Crippen molar-refractivity contribution < 1.29 is 9.59 Å². The summed E-state index contributed by atoms with van der Waals surface area (Å²) < 4.78 is 0. The molecule has 0 bridgehead atoms. The zero-order valence-electron chi connectivity index (χ0n) is 15.7. The van der Waals surface area contributed by atoms with Gasteiger partial charge in [0, 0.05) is 31.7 Å². The summed E-state index contributed by atoms with van der Waals surface area (Å²) in [7, 11) is 0. The highest BCUT2D eigenvalue weighted by Gasteiger charge is 2.21. The van der Waals surface area contributed by atoms with Gasteiger partial charge in [0.1, 0.15) is 0 Å². The van der Waals surface area contributed by atoms with Crippen LogP contribution in [0.25, 0.3) is 0 Å². The van der Waals surface area contributed by atoms with Crippen molar-refractivity contribution in [1.82, 2.24) is 15.1 Å². The van der Waals surface area contributed by atoms with Gasteiger partial charge in [0.15, 0.2) is 0 Å². The van der Waals surface area contributed by atoms with Gasteiger partial charge in [-0.2, -0.15) is 0 Å². The number of piperazine rings is 1. The summed E-state index contributed by atoms with van der Waals surface area (Å²) in [5.74, 6) is 0.320. The summed E-state index contributed by atoms with van der Waals surface area (Å²) in [6, 6.07) is 15.2. The van der Waals surface area contributed by atoms with Gasteiger partial charge in [0.05, 0.1) is 5.69 Å². The first-order chi connectivity index (χ1) is 13.1. The SMILES string of the molecule is Cc1ccc(C(=O)NC(=Nc2ccccc2)N2CCN(C=O)CC2)cc1C. The van der Waals surface area contributed by atoms with E-state index in [9.17, 15) is 9.59 Å². The summed E-state index contributed by atoms with van der Waals surface area (Å²) in [6.45, 7) is 6.47. The summed E-state index contributed by atoms with van der Waals surface area (Å²) in [5, 5.41) is 2.96. The predicted molar refractivity (Wildman–Crippen MR) is 106 cm³/mol. The van der Waals surface area contributed by atoms with Gasteiger partial charge in [-0.3, -0.25) is 14.9 Å². The second-order valence-corrected chi connectivity index (χ2v) is 6.65. The topological polar surface area (TPSA) is 65.0 Å². The highest BCUT2D eigenvalue weighted by atomic mass is 16.2. The van der Waals surface area contributed by atoms with Gasteiger partial charge >= 0.3 is 0 Å². The maximum atomic E-state index is 12.8. The Labute approximate surface area is 159 Å². The Morgan fingerprint density at radius 1 is 1.00 bits per heavy atom. The Morgan fingerprint density at radius 3 is 2.33 bits per heavy atom. The van der Waals surface area contributed by atoms with Crippen LogP contribution in [0.1, 0.15) is 21.5 Å². The van der Waals surface area contributed by atoms with E-state index in [2.05, 4.69) is 10.3 Å². The van der Waals surface area contributed by atoms with E-state index >= 15 is 0 Å². The normalized spacial score (nSPS) is 14.8. The van der Waals surface area contributed by atoms with Crippen molar-refractivity contribution in [3.05, 3.63) is 65.2 Å². The van der Waals surface area contributed by atoms with Crippen molar-refractivity contribution in [2.24, 2.45) is 4.99 Å². The highest BCUT2D eigenvalue weighted by Crippen LogP contribution is 2.13. The number of aliphatic imine (C=N–C) groups is 1. The van der Waals surface area contributed by atoms with Gasteiger partial charge in [-0.1, -0.05) is 24.3 Å². The van der Waals surface area contributed by atoms with E-state index < -0.39 is 0 Å². The molecule has 0 atom stereocenters. The Morgan fingerprint density at radius 2 is 1.70 bits per heavy atom. The summed E-state index contributed by atoms with van der Waals surface area (Å²) in [5.41, 5.74) is 3.59. The van der Waals surface area contributed by atoms with Crippen molar-refractivity contribution in [3.8, 4) is 0 Å². The lowest BCUT2D eigenvalue weighted by Gasteiger charge is -2.34. The number of benzene rings is 2. The third-order valence-corrected chi connectivity index (χ3v) is 4.75. The minimum Gasteiger partial charge on any atom is -0.342 e. The number of amides is 2. The van der Waals surface area contributed by atoms with Crippen LogP contribution < -0.4 is 5.32 Å². The van der Waals surface area contributed by atoms with Crippen molar-refractivity contribution in [2.45, 2.75) is 13.8 Å². The molecule has 0 unspecified atom stereocenters. The average molecular weight is 364 g/mol. The molecule has 1 aliphatic heterocycles. The molecule has 6 nitrogen and oxygen atoms in total. The van der Waals surface area contributed by atoms with Gasteiger partial charge in [-0.05, 0) is 49.2 Å². The van der Waals surface area contributed by atoms with Crippen LogP contribution in [0.15, 0.2) is 53.5 Å². The Hall–Kier alpha value is -3.15. The second-order valence-electron chi connectivity index (χ2n) is 6.65. The summed E-state index contributed by atoms with van der Waals surface area (Å²) >= 11 is 0. The van der Waals surface area contributed by atoms with Gasteiger partial charge in [0.25, 0.3) is 5.91 Å². The molecule has 2 aromatic carbocycles. The maximum absolute atomic E-state index is 12.8. The number of aryl methyl sites for hydroxylation is 2. The van der Waals surface area contributed by atoms with Gasteiger partial charge < -0.3 is 9.80 Å². The van der Waals surface area contributed by atoms with Crippen LogP contribution in [-0.4, -0.2) is 54.3 Å². The number of guanidine groups is 1. The van der Waals surface area contributed by atoms with Crippen LogP contribution in [0.2, 0.25) is 0 Å². The molecule has 0 aliphatic carbocycles. The molecule has 1 aliphatic rings. The lowest BCUT2D eigenvalue weighted by molar-refractivity contribution is -0.119. The number of carbonyl (C=O) groups excluding carboxylic acids is 2. The van der Waals surface area contributed by atoms with E-state index in [4.69, 9.17) is 0 Å². The van der Waals surface area contributed by atoms with Gasteiger partial charge in [-0.15, -0.1) is 0 Å². The number of carbonyl (C=O) groups is 2.